The highest BCUT2D eigenvalue weighted by Crippen LogP contribution is 2.28. The second-order valence-corrected chi connectivity index (χ2v) is 8.13. The van der Waals surface area contributed by atoms with E-state index in [4.69, 9.17) is 4.52 Å². The average Bonchev–Trinajstić information content (AvgIpc) is 3.32. The lowest BCUT2D eigenvalue weighted by molar-refractivity contribution is 0.0588. The first-order valence-corrected chi connectivity index (χ1v) is 11.0. The molecule has 1 aromatic heterocycles. The number of carbonyl (C=O) groups excluding carboxylic acids is 1. The molecular formula is C26H25N3O2. The van der Waals surface area contributed by atoms with E-state index in [0.717, 1.165) is 47.6 Å². The van der Waals surface area contributed by atoms with E-state index < -0.39 is 0 Å². The van der Waals surface area contributed by atoms with Crippen molar-refractivity contribution in [2.75, 3.05) is 0 Å². The summed E-state index contributed by atoms with van der Waals surface area (Å²) < 4.78 is 5.56. The summed E-state index contributed by atoms with van der Waals surface area (Å²) in [6.07, 6.45) is 5.53. The molecule has 31 heavy (non-hydrogen) atoms. The molecular weight excluding hydrogens is 386 g/mol. The molecule has 3 aromatic carbocycles. The molecule has 0 unspecified atom stereocenters. The number of carbonyl (C=O) groups is 1. The van der Waals surface area contributed by atoms with Gasteiger partial charge in [-0.3, -0.25) is 4.79 Å². The SMILES string of the molecule is O=C(c1cccc2ccccc12)N(Cc1nc(-c2ccccc2)no1)C1CCCCC1. The molecule has 5 nitrogen and oxygen atoms in total. The Bertz CT molecular complexity index is 1170. The Labute approximate surface area is 181 Å². The summed E-state index contributed by atoms with van der Waals surface area (Å²) in [5.41, 5.74) is 1.63. The highest BCUT2D eigenvalue weighted by molar-refractivity contribution is 6.07. The van der Waals surface area contributed by atoms with Crippen molar-refractivity contribution in [2.24, 2.45) is 0 Å². The summed E-state index contributed by atoms with van der Waals surface area (Å²) in [4.78, 5) is 20.3. The quantitative estimate of drug-likeness (QED) is 0.412. The predicted molar refractivity (Wildman–Crippen MR) is 120 cm³/mol. The van der Waals surface area contributed by atoms with Gasteiger partial charge in [0.1, 0.15) is 6.54 Å². The van der Waals surface area contributed by atoms with Crippen LogP contribution in [0.1, 0.15) is 48.4 Å². The van der Waals surface area contributed by atoms with Gasteiger partial charge in [-0.05, 0) is 29.7 Å². The van der Waals surface area contributed by atoms with Crippen molar-refractivity contribution < 1.29 is 9.32 Å². The zero-order valence-electron chi connectivity index (χ0n) is 17.4. The minimum Gasteiger partial charge on any atom is -0.337 e. The number of hydrogen-bond acceptors (Lipinski definition) is 4. The highest BCUT2D eigenvalue weighted by atomic mass is 16.5. The molecule has 0 spiro atoms. The van der Waals surface area contributed by atoms with Crippen LogP contribution in [0.2, 0.25) is 0 Å². The Hall–Kier alpha value is -3.47. The van der Waals surface area contributed by atoms with Gasteiger partial charge in [0.15, 0.2) is 0 Å². The summed E-state index contributed by atoms with van der Waals surface area (Å²) in [7, 11) is 0. The van der Waals surface area contributed by atoms with Crippen LogP contribution in [-0.2, 0) is 6.54 Å². The zero-order valence-corrected chi connectivity index (χ0v) is 17.4. The lowest BCUT2D eigenvalue weighted by Crippen LogP contribution is -2.41. The topological polar surface area (TPSA) is 59.2 Å². The number of benzene rings is 3. The van der Waals surface area contributed by atoms with Crippen LogP contribution < -0.4 is 0 Å². The second-order valence-electron chi connectivity index (χ2n) is 8.13. The Morgan fingerprint density at radius 2 is 1.65 bits per heavy atom. The summed E-state index contributed by atoms with van der Waals surface area (Å²) in [6, 6.07) is 23.9. The largest absolute Gasteiger partial charge is 0.337 e. The van der Waals surface area contributed by atoms with Gasteiger partial charge in [0, 0.05) is 17.2 Å². The van der Waals surface area contributed by atoms with Gasteiger partial charge in [-0.15, -0.1) is 0 Å². The number of fused-ring (bicyclic) bond motifs is 1. The standard InChI is InChI=1S/C26H25N3O2/c30-26(23-17-9-13-19-10-7-8-16-22(19)23)29(21-14-5-2-6-15-21)18-24-27-25(28-31-24)20-11-3-1-4-12-20/h1,3-4,7-13,16-17,21H,2,5-6,14-15,18H2. The van der Waals surface area contributed by atoms with Gasteiger partial charge in [0.05, 0.1) is 0 Å². The van der Waals surface area contributed by atoms with Crippen LogP contribution in [0.25, 0.3) is 22.2 Å². The van der Waals surface area contributed by atoms with Crippen LogP contribution in [0.5, 0.6) is 0 Å². The van der Waals surface area contributed by atoms with Crippen molar-refractivity contribution in [3.63, 3.8) is 0 Å². The van der Waals surface area contributed by atoms with Gasteiger partial charge < -0.3 is 9.42 Å². The van der Waals surface area contributed by atoms with Crippen molar-refractivity contribution in [2.45, 2.75) is 44.7 Å². The van der Waals surface area contributed by atoms with Crippen molar-refractivity contribution in [1.29, 1.82) is 0 Å². The number of rotatable bonds is 5. The first-order chi connectivity index (χ1) is 15.3. The molecule has 1 aliphatic carbocycles. The van der Waals surface area contributed by atoms with E-state index in [0.29, 0.717) is 18.3 Å². The summed E-state index contributed by atoms with van der Waals surface area (Å²) in [6.45, 7) is 0.326. The minimum absolute atomic E-state index is 0.0307. The van der Waals surface area contributed by atoms with Crippen molar-refractivity contribution >= 4 is 16.7 Å². The molecule has 5 rings (SSSR count). The number of hydrogen-bond donors (Lipinski definition) is 0. The van der Waals surface area contributed by atoms with E-state index in [1.807, 2.05) is 77.7 Å². The monoisotopic (exact) mass is 411 g/mol. The third kappa shape index (κ3) is 4.08. The van der Waals surface area contributed by atoms with Gasteiger partial charge in [0.2, 0.25) is 11.7 Å². The third-order valence-electron chi connectivity index (χ3n) is 6.10. The summed E-state index contributed by atoms with van der Waals surface area (Å²) in [5.74, 6) is 1.05. The lowest BCUT2D eigenvalue weighted by atomic mass is 9.93. The maximum Gasteiger partial charge on any atom is 0.255 e. The van der Waals surface area contributed by atoms with E-state index in [1.54, 1.807) is 0 Å². The highest BCUT2D eigenvalue weighted by Gasteiger charge is 2.29. The number of aromatic nitrogens is 2. The number of nitrogens with zero attached hydrogens (tertiary/aromatic N) is 3. The zero-order chi connectivity index (χ0) is 21.0. The van der Waals surface area contributed by atoms with E-state index in [1.165, 1.54) is 6.42 Å². The second kappa shape index (κ2) is 8.72. The Kier molecular flexibility index (Phi) is 5.48. The smallest absolute Gasteiger partial charge is 0.255 e. The third-order valence-corrected chi connectivity index (χ3v) is 6.10. The molecule has 1 fully saturated rings. The Balaban J connectivity index is 1.47. The van der Waals surface area contributed by atoms with Crippen molar-refractivity contribution in [3.05, 3.63) is 84.3 Å². The normalized spacial score (nSPS) is 14.6. The van der Waals surface area contributed by atoms with Gasteiger partial charge in [-0.25, -0.2) is 0 Å². The van der Waals surface area contributed by atoms with E-state index in [9.17, 15) is 4.79 Å². The van der Waals surface area contributed by atoms with Crippen molar-refractivity contribution in [3.8, 4) is 11.4 Å². The first kappa shape index (κ1) is 19.5. The average molecular weight is 412 g/mol. The van der Waals surface area contributed by atoms with Gasteiger partial charge in [0.25, 0.3) is 5.91 Å². The summed E-state index contributed by atoms with van der Waals surface area (Å²) >= 11 is 0. The van der Waals surface area contributed by atoms with Crippen LogP contribution in [0, 0.1) is 0 Å². The molecule has 0 saturated heterocycles. The van der Waals surface area contributed by atoms with Crippen LogP contribution >= 0.6 is 0 Å². The molecule has 156 valence electrons. The van der Waals surface area contributed by atoms with Crippen molar-refractivity contribution in [1.82, 2.24) is 15.0 Å². The van der Waals surface area contributed by atoms with Gasteiger partial charge in [-0.2, -0.15) is 4.98 Å². The Morgan fingerprint density at radius 3 is 2.48 bits per heavy atom. The minimum atomic E-state index is 0.0307. The molecule has 0 radical (unpaired) electrons. The molecule has 1 heterocycles. The Morgan fingerprint density at radius 1 is 0.903 bits per heavy atom. The fraction of sp³-hybridized carbons (Fsp3) is 0.269. The summed E-state index contributed by atoms with van der Waals surface area (Å²) in [5, 5.41) is 6.19. The molecule has 0 aliphatic heterocycles. The van der Waals surface area contributed by atoms with Gasteiger partial charge >= 0.3 is 0 Å². The maximum atomic E-state index is 13.8. The molecule has 0 N–H and O–H groups in total. The van der Waals surface area contributed by atoms with Gasteiger partial charge in [-0.1, -0.05) is 91.1 Å². The molecule has 5 heteroatoms. The van der Waals surface area contributed by atoms with Crippen LogP contribution in [0.4, 0.5) is 0 Å². The van der Waals surface area contributed by atoms with Crippen LogP contribution in [0.15, 0.2) is 77.3 Å². The van der Waals surface area contributed by atoms with E-state index in [-0.39, 0.29) is 11.9 Å². The fourth-order valence-corrected chi connectivity index (χ4v) is 4.50. The van der Waals surface area contributed by atoms with E-state index in [2.05, 4.69) is 10.1 Å². The molecule has 1 amide bonds. The molecule has 0 atom stereocenters. The van der Waals surface area contributed by atoms with Crippen LogP contribution in [-0.4, -0.2) is 27.0 Å². The fourth-order valence-electron chi connectivity index (χ4n) is 4.50. The molecule has 0 bridgehead atoms. The first-order valence-electron chi connectivity index (χ1n) is 11.0. The maximum absolute atomic E-state index is 13.8. The lowest BCUT2D eigenvalue weighted by Gasteiger charge is -2.33. The molecule has 4 aromatic rings. The predicted octanol–water partition coefficient (Wildman–Crippen LogP) is 5.86. The van der Waals surface area contributed by atoms with Crippen LogP contribution in [0.3, 0.4) is 0 Å². The molecule has 1 aliphatic rings. The number of amides is 1. The molecule has 1 saturated carbocycles. The van der Waals surface area contributed by atoms with E-state index >= 15 is 0 Å².